The predicted octanol–water partition coefficient (Wildman–Crippen LogP) is 5.14. The molecule has 1 aromatic carbocycles. The molecule has 14 heteroatoms. The highest BCUT2D eigenvalue weighted by atomic mass is 35.5. The van der Waals surface area contributed by atoms with E-state index in [-0.39, 0.29) is 39.2 Å². The third kappa shape index (κ3) is 4.30. The van der Waals surface area contributed by atoms with Crippen molar-refractivity contribution < 1.29 is 35.8 Å². The molecular weight excluding hydrogens is 438 g/mol. The first-order valence-corrected chi connectivity index (χ1v) is 8.31. The zero-order valence-corrected chi connectivity index (χ0v) is 15.0. The molecule has 0 spiro atoms. The zero-order chi connectivity index (χ0) is 20.6. The monoisotopic (exact) mass is 444 g/mol. The van der Waals surface area contributed by atoms with E-state index in [0.29, 0.717) is 0 Å². The Bertz CT molecular complexity index is 1010. The van der Waals surface area contributed by atoms with Crippen molar-refractivity contribution >= 4 is 22.9 Å². The first-order chi connectivity index (χ1) is 13.0. The maximum atomic E-state index is 14.3. The standard InChI is InChI=1S/C14H7ClF6N4O2S/c1-25-10(27-12(17)18)4-8(24-25)5-2-9(6(15)3-7(5)16)26-13-23-22-11(28-13)14(19,20)21/h2-4,12H,1H3. The fourth-order valence-electron chi connectivity index (χ4n) is 2.05. The second-order valence-corrected chi connectivity index (χ2v) is 6.45. The molecule has 0 aliphatic carbocycles. The average Bonchev–Trinajstić information content (AvgIpc) is 3.17. The Balaban J connectivity index is 1.94. The lowest BCUT2D eigenvalue weighted by Crippen LogP contribution is -2.05. The molecule has 0 saturated heterocycles. The van der Waals surface area contributed by atoms with Gasteiger partial charge < -0.3 is 9.47 Å². The van der Waals surface area contributed by atoms with Crippen molar-refractivity contribution in [1.82, 2.24) is 20.0 Å². The first-order valence-electron chi connectivity index (χ1n) is 7.11. The second kappa shape index (κ2) is 7.47. The summed E-state index contributed by atoms with van der Waals surface area (Å²) in [6, 6.07) is 2.93. The van der Waals surface area contributed by atoms with Crippen LogP contribution in [-0.2, 0) is 13.2 Å². The Morgan fingerprint density at radius 1 is 1.18 bits per heavy atom. The molecule has 0 saturated carbocycles. The van der Waals surface area contributed by atoms with E-state index in [0.717, 1.165) is 22.9 Å². The molecule has 0 radical (unpaired) electrons. The van der Waals surface area contributed by atoms with E-state index < -0.39 is 28.8 Å². The first kappa shape index (κ1) is 20.2. The van der Waals surface area contributed by atoms with Crippen molar-refractivity contribution in [2.45, 2.75) is 12.8 Å². The molecule has 0 atom stereocenters. The molecular formula is C14H7ClF6N4O2S. The van der Waals surface area contributed by atoms with Gasteiger partial charge in [0.05, 0.1) is 10.7 Å². The van der Waals surface area contributed by atoms with Crippen LogP contribution in [-0.4, -0.2) is 26.6 Å². The van der Waals surface area contributed by atoms with Crippen molar-refractivity contribution in [2.75, 3.05) is 0 Å². The van der Waals surface area contributed by atoms with E-state index in [1.165, 1.54) is 7.05 Å². The highest BCUT2D eigenvalue weighted by molar-refractivity contribution is 7.13. The fourth-order valence-corrected chi connectivity index (χ4v) is 2.81. The maximum absolute atomic E-state index is 14.3. The Labute approximate surface area is 161 Å². The van der Waals surface area contributed by atoms with Crippen molar-refractivity contribution in [3.63, 3.8) is 0 Å². The third-order valence-electron chi connectivity index (χ3n) is 3.19. The molecule has 0 unspecified atom stereocenters. The highest BCUT2D eigenvalue weighted by Crippen LogP contribution is 2.39. The van der Waals surface area contributed by atoms with Gasteiger partial charge in [0.1, 0.15) is 11.6 Å². The summed E-state index contributed by atoms with van der Waals surface area (Å²) in [5.74, 6) is -1.43. The minimum absolute atomic E-state index is 0.0922. The molecule has 0 amide bonds. The van der Waals surface area contributed by atoms with Gasteiger partial charge in [-0.1, -0.05) is 28.0 Å². The largest absolute Gasteiger partial charge is 0.445 e. The lowest BCUT2D eigenvalue weighted by Gasteiger charge is -2.07. The number of rotatable bonds is 5. The molecule has 0 aliphatic heterocycles. The minimum Gasteiger partial charge on any atom is -0.428 e. The van der Waals surface area contributed by atoms with Crippen LogP contribution in [0, 0.1) is 5.82 Å². The Kier molecular flexibility index (Phi) is 5.39. The molecule has 2 aromatic heterocycles. The van der Waals surface area contributed by atoms with Crippen molar-refractivity contribution in [1.29, 1.82) is 0 Å². The van der Waals surface area contributed by atoms with E-state index >= 15 is 0 Å². The number of aryl methyl sites for hydroxylation is 1. The number of hydrogen-bond acceptors (Lipinski definition) is 6. The zero-order valence-electron chi connectivity index (χ0n) is 13.5. The molecule has 6 nitrogen and oxygen atoms in total. The van der Waals surface area contributed by atoms with E-state index in [9.17, 15) is 26.3 Å². The predicted molar refractivity (Wildman–Crippen MR) is 85.2 cm³/mol. The summed E-state index contributed by atoms with van der Waals surface area (Å²) >= 11 is 5.98. The lowest BCUT2D eigenvalue weighted by molar-refractivity contribution is -0.138. The molecule has 3 rings (SSSR count). The Morgan fingerprint density at radius 2 is 1.89 bits per heavy atom. The number of hydrogen-bond donors (Lipinski definition) is 0. The maximum Gasteiger partial charge on any atom is 0.445 e. The number of halogens is 7. The van der Waals surface area contributed by atoms with Crippen LogP contribution in [0.15, 0.2) is 18.2 Å². The number of benzene rings is 1. The van der Waals surface area contributed by atoms with Crippen molar-refractivity contribution in [3.8, 4) is 28.1 Å². The van der Waals surface area contributed by atoms with Gasteiger partial charge in [0.25, 0.3) is 5.19 Å². The van der Waals surface area contributed by atoms with E-state index in [4.69, 9.17) is 16.3 Å². The van der Waals surface area contributed by atoms with Crippen LogP contribution in [0.2, 0.25) is 5.02 Å². The molecule has 150 valence electrons. The molecule has 3 aromatic rings. The Morgan fingerprint density at radius 3 is 2.50 bits per heavy atom. The molecule has 2 heterocycles. The van der Waals surface area contributed by atoms with Gasteiger partial charge in [-0.05, 0) is 12.1 Å². The number of ether oxygens (including phenoxy) is 2. The van der Waals surface area contributed by atoms with E-state index in [2.05, 4.69) is 20.0 Å². The molecule has 0 bridgehead atoms. The summed E-state index contributed by atoms with van der Waals surface area (Å²) in [5.41, 5.74) is -0.301. The van der Waals surface area contributed by atoms with Crippen LogP contribution in [0.1, 0.15) is 5.01 Å². The van der Waals surface area contributed by atoms with Gasteiger partial charge in [-0.3, -0.25) is 0 Å². The van der Waals surface area contributed by atoms with E-state index in [1.807, 2.05) is 0 Å². The van der Waals surface area contributed by atoms with Gasteiger partial charge in [0.15, 0.2) is 0 Å². The van der Waals surface area contributed by atoms with Crippen LogP contribution >= 0.6 is 22.9 Å². The summed E-state index contributed by atoms with van der Waals surface area (Å²) in [7, 11) is 1.30. The summed E-state index contributed by atoms with van der Waals surface area (Å²) in [5, 5.41) is 8.08. The van der Waals surface area contributed by atoms with E-state index in [1.54, 1.807) is 0 Å². The van der Waals surface area contributed by atoms with Crippen LogP contribution in [0.3, 0.4) is 0 Å². The minimum atomic E-state index is -4.70. The fraction of sp³-hybridized carbons (Fsp3) is 0.214. The van der Waals surface area contributed by atoms with Gasteiger partial charge in [-0.25, -0.2) is 9.07 Å². The Hall–Kier alpha value is -2.54. The average molecular weight is 445 g/mol. The van der Waals surface area contributed by atoms with Crippen LogP contribution < -0.4 is 9.47 Å². The van der Waals surface area contributed by atoms with Crippen LogP contribution in [0.25, 0.3) is 11.3 Å². The third-order valence-corrected chi connectivity index (χ3v) is 4.33. The molecule has 0 aliphatic rings. The summed E-state index contributed by atoms with van der Waals surface area (Å²) in [6.45, 7) is -3.11. The number of alkyl halides is 5. The SMILES string of the molecule is Cn1nc(-c2cc(Oc3nnc(C(F)(F)F)s3)c(Cl)cc2F)cc1OC(F)F. The van der Waals surface area contributed by atoms with Gasteiger partial charge in [0.2, 0.25) is 10.9 Å². The second-order valence-electron chi connectivity index (χ2n) is 5.11. The van der Waals surface area contributed by atoms with Crippen LogP contribution in [0.5, 0.6) is 16.8 Å². The molecule has 28 heavy (non-hydrogen) atoms. The smallest absolute Gasteiger partial charge is 0.428 e. The van der Waals surface area contributed by atoms with Gasteiger partial charge >= 0.3 is 12.8 Å². The van der Waals surface area contributed by atoms with Crippen molar-refractivity contribution in [3.05, 3.63) is 34.0 Å². The highest BCUT2D eigenvalue weighted by Gasteiger charge is 2.36. The van der Waals surface area contributed by atoms with Crippen LogP contribution in [0.4, 0.5) is 26.3 Å². The van der Waals surface area contributed by atoms with Gasteiger partial charge in [0, 0.05) is 18.7 Å². The van der Waals surface area contributed by atoms with Gasteiger partial charge in [-0.2, -0.15) is 27.1 Å². The number of aromatic nitrogens is 4. The topological polar surface area (TPSA) is 62.1 Å². The quantitative estimate of drug-likeness (QED) is 0.510. The van der Waals surface area contributed by atoms with Gasteiger partial charge in [-0.15, -0.1) is 5.10 Å². The lowest BCUT2D eigenvalue weighted by atomic mass is 10.1. The van der Waals surface area contributed by atoms with Crippen molar-refractivity contribution in [2.24, 2.45) is 7.05 Å². The molecule has 0 N–H and O–H groups in total. The summed E-state index contributed by atoms with van der Waals surface area (Å²) in [4.78, 5) is 0. The normalized spacial score (nSPS) is 11.9. The summed E-state index contributed by atoms with van der Waals surface area (Å²) < 4.78 is 87.1. The summed E-state index contributed by atoms with van der Waals surface area (Å²) in [6.07, 6.45) is -4.70. The number of nitrogens with zero attached hydrogens (tertiary/aromatic N) is 4. The molecule has 0 fully saturated rings.